The third-order valence-corrected chi connectivity index (χ3v) is 5.03. The second kappa shape index (κ2) is 6.58. The van der Waals surface area contributed by atoms with E-state index in [-0.39, 0.29) is 18.2 Å². The first-order valence-corrected chi connectivity index (χ1v) is 8.84. The van der Waals surface area contributed by atoms with Gasteiger partial charge in [0.2, 0.25) is 5.54 Å². The molecule has 0 aliphatic carbocycles. The van der Waals surface area contributed by atoms with Crippen LogP contribution in [0, 0.1) is 6.92 Å². The molecular weight excluding hydrogens is 356 g/mol. The van der Waals surface area contributed by atoms with Gasteiger partial charge in [0.1, 0.15) is 11.5 Å². The van der Waals surface area contributed by atoms with E-state index in [9.17, 15) is 9.59 Å². The lowest BCUT2D eigenvalue weighted by molar-refractivity contribution is -0.123. The van der Waals surface area contributed by atoms with Crippen molar-refractivity contribution in [2.75, 3.05) is 18.6 Å². The molecule has 2 aromatic carbocycles. The molecule has 0 saturated heterocycles. The zero-order valence-electron chi connectivity index (χ0n) is 15.6. The molecule has 1 unspecified atom stereocenters. The molecule has 1 atom stereocenters. The van der Waals surface area contributed by atoms with Gasteiger partial charge in [-0.2, -0.15) is 0 Å². The summed E-state index contributed by atoms with van der Waals surface area (Å²) < 4.78 is 0. The maximum Gasteiger partial charge on any atom is 0.275 e. The van der Waals surface area contributed by atoms with Crippen molar-refractivity contribution in [2.24, 2.45) is 10.7 Å². The van der Waals surface area contributed by atoms with Crippen molar-refractivity contribution in [1.82, 2.24) is 15.3 Å². The molecule has 2 heterocycles. The number of nitrogens with one attached hydrogen (secondary N) is 2. The van der Waals surface area contributed by atoms with E-state index in [0.717, 1.165) is 16.8 Å². The smallest absolute Gasteiger partial charge is 0.275 e. The number of amides is 2. The van der Waals surface area contributed by atoms with Crippen molar-refractivity contribution in [2.45, 2.75) is 12.5 Å². The minimum absolute atomic E-state index is 0.0183. The molecule has 1 aliphatic rings. The fraction of sp³-hybridized carbons (Fsp3) is 0.200. The first-order chi connectivity index (χ1) is 13.4. The molecule has 0 saturated carbocycles. The number of hydrogen-bond donors (Lipinski definition) is 3. The van der Waals surface area contributed by atoms with Crippen molar-refractivity contribution >= 4 is 34.2 Å². The number of aryl methyl sites for hydroxylation is 1. The zero-order chi connectivity index (χ0) is 19.9. The molecule has 28 heavy (non-hydrogen) atoms. The Balaban J connectivity index is 1.80. The Kier molecular flexibility index (Phi) is 4.20. The van der Waals surface area contributed by atoms with Crippen LogP contribution in [0.5, 0.6) is 0 Å². The monoisotopic (exact) mass is 376 g/mol. The van der Waals surface area contributed by atoms with Crippen LogP contribution in [0.1, 0.15) is 11.4 Å². The summed E-state index contributed by atoms with van der Waals surface area (Å²) in [6.07, 6.45) is 0. The summed E-state index contributed by atoms with van der Waals surface area (Å²) in [5.74, 6) is -0.906. The van der Waals surface area contributed by atoms with Crippen LogP contribution >= 0.6 is 0 Å². The molecule has 4 rings (SSSR count). The highest BCUT2D eigenvalue weighted by Crippen LogP contribution is 2.29. The molecule has 1 aromatic heterocycles. The van der Waals surface area contributed by atoms with Crippen molar-refractivity contribution < 1.29 is 9.59 Å². The highest BCUT2D eigenvalue weighted by molar-refractivity contribution is 6.50. The lowest BCUT2D eigenvalue weighted by atomic mass is 9.91. The molecule has 0 fully saturated rings. The van der Waals surface area contributed by atoms with Gasteiger partial charge in [-0.05, 0) is 30.7 Å². The maximum absolute atomic E-state index is 13.3. The number of imidazole rings is 1. The maximum atomic E-state index is 13.3. The summed E-state index contributed by atoms with van der Waals surface area (Å²) in [4.78, 5) is 39.3. The second-order valence-corrected chi connectivity index (χ2v) is 6.71. The molecule has 8 heteroatoms. The predicted octanol–water partition coefficient (Wildman–Crippen LogP) is 1.22. The molecular formula is C20H20N6O2. The number of H-pyrrole nitrogens is 1. The summed E-state index contributed by atoms with van der Waals surface area (Å²) in [6.45, 7) is 2.00. The summed E-state index contributed by atoms with van der Waals surface area (Å²) >= 11 is 0. The molecule has 142 valence electrons. The normalized spacial score (nSPS) is 18.9. The lowest BCUT2D eigenvalue weighted by Crippen LogP contribution is -2.59. The van der Waals surface area contributed by atoms with Crippen LogP contribution in [0.15, 0.2) is 53.5 Å². The van der Waals surface area contributed by atoms with Gasteiger partial charge in [-0.25, -0.2) is 4.98 Å². The topological polar surface area (TPSA) is 116 Å². The van der Waals surface area contributed by atoms with Gasteiger partial charge in [0, 0.05) is 12.7 Å². The van der Waals surface area contributed by atoms with E-state index in [4.69, 9.17) is 5.73 Å². The molecule has 3 aromatic rings. The number of nitrogens with zero attached hydrogens (tertiary/aromatic N) is 3. The SMILES string of the molecule is Cc1ccccc1N(C)C(=O)C1=NCNC1(C(N)=O)c1nc2ccccc2[nH]1. The van der Waals surface area contributed by atoms with Crippen molar-refractivity contribution in [3.05, 3.63) is 59.9 Å². The molecule has 0 bridgehead atoms. The summed E-state index contributed by atoms with van der Waals surface area (Å²) in [6, 6.07) is 14.9. The van der Waals surface area contributed by atoms with Crippen LogP contribution in [-0.4, -0.2) is 41.2 Å². The average Bonchev–Trinajstić information content (AvgIpc) is 3.32. The number of benzene rings is 2. The summed E-state index contributed by atoms with van der Waals surface area (Å²) in [5.41, 5.74) is 7.24. The van der Waals surface area contributed by atoms with E-state index >= 15 is 0 Å². The van der Waals surface area contributed by atoms with Gasteiger partial charge in [0.25, 0.3) is 11.8 Å². The number of hydrogen-bond acceptors (Lipinski definition) is 5. The van der Waals surface area contributed by atoms with Crippen molar-refractivity contribution in [1.29, 1.82) is 0 Å². The highest BCUT2D eigenvalue weighted by Gasteiger charge is 2.52. The number of nitrogens with two attached hydrogens (primary N) is 1. The number of anilines is 1. The number of carbonyl (C=O) groups is 2. The van der Waals surface area contributed by atoms with Gasteiger partial charge < -0.3 is 15.6 Å². The van der Waals surface area contributed by atoms with Gasteiger partial charge in [-0.3, -0.25) is 19.9 Å². The third-order valence-electron chi connectivity index (χ3n) is 5.03. The Hall–Kier alpha value is -3.52. The number of para-hydroxylation sites is 3. The zero-order valence-corrected chi connectivity index (χ0v) is 15.6. The molecule has 0 spiro atoms. The van der Waals surface area contributed by atoms with Crippen LogP contribution in [0.3, 0.4) is 0 Å². The summed E-state index contributed by atoms with van der Waals surface area (Å²) in [7, 11) is 1.65. The third kappa shape index (κ3) is 2.57. The van der Waals surface area contributed by atoms with E-state index in [0.29, 0.717) is 5.52 Å². The van der Waals surface area contributed by atoms with Crippen LogP contribution in [0.4, 0.5) is 5.69 Å². The fourth-order valence-electron chi connectivity index (χ4n) is 3.52. The van der Waals surface area contributed by atoms with Crippen LogP contribution in [0.25, 0.3) is 11.0 Å². The molecule has 2 amide bonds. The van der Waals surface area contributed by atoms with Gasteiger partial charge in [-0.1, -0.05) is 30.3 Å². The van der Waals surface area contributed by atoms with E-state index < -0.39 is 17.4 Å². The second-order valence-electron chi connectivity index (χ2n) is 6.71. The van der Waals surface area contributed by atoms with E-state index in [1.807, 2.05) is 55.5 Å². The van der Waals surface area contributed by atoms with E-state index in [2.05, 4.69) is 20.3 Å². The number of aliphatic imine (C=N–C) groups is 1. The largest absolute Gasteiger partial charge is 0.367 e. The van der Waals surface area contributed by atoms with Crippen LogP contribution < -0.4 is 16.0 Å². The highest BCUT2D eigenvalue weighted by atomic mass is 16.2. The minimum Gasteiger partial charge on any atom is -0.367 e. The summed E-state index contributed by atoms with van der Waals surface area (Å²) in [5, 5.41) is 2.98. The van der Waals surface area contributed by atoms with Gasteiger partial charge >= 0.3 is 0 Å². The quantitative estimate of drug-likeness (QED) is 0.635. The molecule has 8 nitrogen and oxygen atoms in total. The Bertz CT molecular complexity index is 1090. The first kappa shape index (κ1) is 17.9. The van der Waals surface area contributed by atoms with Gasteiger partial charge in [0.15, 0.2) is 0 Å². The standard InChI is InChI=1S/C20H20N6O2/c1-12-7-3-6-10-15(12)26(2)17(27)16-20(18(21)28,23-11-22-16)19-24-13-8-4-5-9-14(13)25-19/h3-10,23H,11H2,1-2H3,(H2,21,28)(H,24,25). The van der Waals surface area contributed by atoms with Crippen molar-refractivity contribution in [3.8, 4) is 0 Å². The molecule has 4 N–H and O–H groups in total. The Morgan fingerprint density at radius 1 is 1.14 bits per heavy atom. The van der Waals surface area contributed by atoms with Gasteiger partial charge in [0.05, 0.1) is 17.7 Å². The number of fused-ring (bicyclic) bond motifs is 1. The number of carbonyl (C=O) groups excluding carboxylic acids is 2. The van der Waals surface area contributed by atoms with E-state index in [1.54, 1.807) is 7.05 Å². The van der Waals surface area contributed by atoms with Crippen molar-refractivity contribution in [3.63, 3.8) is 0 Å². The number of rotatable bonds is 4. The van der Waals surface area contributed by atoms with Gasteiger partial charge in [-0.15, -0.1) is 0 Å². The Morgan fingerprint density at radius 2 is 1.86 bits per heavy atom. The van der Waals surface area contributed by atoms with E-state index in [1.165, 1.54) is 4.90 Å². The minimum atomic E-state index is -1.62. The van der Waals surface area contributed by atoms with Crippen LogP contribution in [0.2, 0.25) is 0 Å². The first-order valence-electron chi connectivity index (χ1n) is 8.84. The Labute approximate surface area is 161 Å². The average molecular weight is 376 g/mol. The fourth-order valence-corrected chi connectivity index (χ4v) is 3.52. The molecule has 0 radical (unpaired) electrons. The Morgan fingerprint density at radius 3 is 2.57 bits per heavy atom. The predicted molar refractivity (Wildman–Crippen MR) is 107 cm³/mol. The number of aromatic amines is 1. The van der Waals surface area contributed by atoms with Crippen LogP contribution in [-0.2, 0) is 15.1 Å². The lowest BCUT2D eigenvalue weighted by Gasteiger charge is -2.28. The number of primary amides is 1. The number of aromatic nitrogens is 2. The molecule has 1 aliphatic heterocycles.